The van der Waals surface area contributed by atoms with Crippen LogP contribution in [0.1, 0.15) is 11.1 Å². The highest BCUT2D eigenvalue weighted by Gasteiger charge is 2.34. The molecule has 0 unspecified atom stereocenters. The smallest absolute Gasteiger partial charge is 0.193 e. The molecule has 0 fully saturated rings. The van der Waals surface area contributed by atoms with E-state index < -0.39 is 11.7 Å². The van der Waals surface area contributed by atoms with Crippen LogP contribution >= 0.6 is 0 Å². The number of halogens is 3. The second-order valence-electron chi connectivity index (χ2n) is 5.25. The van der Waals surface area contributed by atoms with Gasteiger partial charge < -0.3 is 0 Å². The predicted molar refractivity (Wildman–Crippen MR) is 73.7 cm³/mol. The van der Waals surface area contributed by atoms with Crippen molar-refractivity contribution in [1.29, 1.82) is 0 Å². The molecular formula is C17H11F3N+. The van der Waals surface area contributed by atoms with Gasteiger partial charge in [0.15, 0.2) is 12.7 Å². The summed E-state index contributed by atoms with van der Waals surface area (Å²) in [5.41, 5.74) is 2.02. The van der Waals surface area contributed by atoms with E-state index in [0.717, 1.165) is 33.7 Å². The average molecular weight is 286 g/mol. The molecule has 21 heavy (non-hydrogen) atoms. The standard InChI is InChI=1S/C17H11F3N/c18-17(19,20)13-5-6-15-12(9-13)10-21-8-7-11-3-1-2-4-14(11)16(15)21/h1-9H,10H2/q+1. The first kappa shape index (κ1) is 12.4. The number of aromatic nitrogens is 1. The van der Waals surface area contributed by atoms with Crippen LogP contribution in [-0.4, -0.2) is 0 Å². The largest absolute Gasteiger partial charge is 0.416 e. The molecule has 3 aromatic rings. The van der Waals surface area contributed by atoms with Gasteiger partial charge >= 0.3 is 6.18 Å². The number of hydrogen-bond acceptors (Lipinski definition) is 0. The summed E-state index contributed by atoms with van der Waals surface area (Å²) in [6, 6.07) is 13.9. The molecule has 0 spiro atoms. The molecule has 0 radical (unpaired) electrons. The number of hydrogen-bond donors (Lipinski definition) is 0. The lowest BCUT2D eigenvalue weighted by Gasteiger charge is -2.07. The Balaban J connectivity index is 1.97. The molecule has 0 aliphatic carbocycles. The summed E-state index contributed by atoms with van der Waals surface area (Å²) in [4.78, 5) is 0. The van der Waals surface area contributed by atoms with E-state index >= 15 is 0 Å². The van der Waals surface area contributed by atoms with Gasteiger partial charge in [-0.1, -0.05) is 18.2 Å². The van der Waals surface area contributed by atoms with Crippen molar-refractivity contribution in [3.05, 3.63) is 65.9 Å². The Hall–Kier alpha value is -2.36. The van der Waals surface area contributed by atoms with Crippen LogP contribution in [0.2, 0.25) is 0 Å². The highest BCUT2D eigenvalue weighted by Crippen LogP contribution is 2.36. The van der Waals surface area contributed by atoms with Crippen molar-refractivity contribution in [3.8, 4) is 11.3 Å². The molecule has 104 valence electrons. The molecule has 0 saturated carbocycles. The first-order valence-corrected chi connectivity index (χ1v) is 6.66. The van der Waals surface area contributed by atoms with Crippen molar-refractivity contribution >= 4 is 10.8 Å². The van der Waals surface area contributed by atoms with Crippen molar-refractivity contribution in [2.75, 3.05) is 0 Å². The fraction of sp³-hybridized carbons (Fsp3) is 0.118. The number of rotatable bonds is 0. The Morgan fingerprint density at radius 1 is 0.952 bits per heavy atom. The number of fused-ring (bicyclic) bond motifs is 5. The average Bonchev–Trinajstić information content (AvgIpc) is 2.84. The zero-order chi connectivity index (χ0) is 14.6. The van der Waals surface area contributed by atoms with Crippen LogP contribution in [0.25, 0.3) is 22.0 Å². The second-order valence-corrected chi connectivity index (χ2v) is 5.25. The maximum atomic E-state index is 12.8. The van der Waals surface area contributed by atoms with Crippen LogP contribution in [-0.2, 0) is 12.7 Å². The van der Waals surface area contributed by atoms with E-state index in [1.165, 1.54) is 6.07 Å². The predicted octanol–water partition coefficient (Wildman–Crippen LogP) is 4.17. The van der Waals surface area contributed by atoms with E-state index in [1.54, 1.807) is 6.07 Å². The minimum Gasteiger partial charge on any atom is -0.193 e. The van der Waals surface area contributed by atoms with Gasteiger partial charge in [-0.2, -0.15) is 17.7 Å². The van der Waals surface area contributed by atoms with E-state index in [9.17, 15) is 13.2 Å². The van der Waals surface area contributed by atoms with Crippen LogP contribution in [0, 0.1) is 0 Å². The van der Waals surface area contributed by atoms with Gasteiger partial charge in [0, 0.05) is 11.6 Å². The fourth-order valence-electron chi connectivity index (χ4n) is 3.00. The third-order valence-corrected chi connectivity index (χ3v) is 3.97. The van der Waals surface area contributed by atoms with Crippen LogP contribution < -0.4 is 4.57 Å². The normalized spacial score (nSPS) is 13.3. The molecule has 4 rings (SSSR count). The summed E-state index contributed by atoms with van der Waals surface area (Å²) in [5, 5.41) is 2.16. The summed E-state index contributed by atoms with van der Waals surface area (Å²) < 4.78 is 40.5. The molecule has 4 heteroatoms. The zero-order valence-corrected chi connectivity index (χ0v) is 11.0. The van der Waals surface area contributed by atoms with Crippen LogP contribution in [0.3, 0.4) is 0 Å². The van der Waals surface area contributed by atoms with E-state index in [1.807, 2.05) is 41.1 Å². The monoisotopic (exact) mass is 286 g/mol. The molecule has 1 nitrogen and oxygen atoms in total. The SMILES string of the molecule is FC(F)(F)c1ccc2c(c1)C[n+]1ccc3ccccc3c1-2. The summed E-state index contributed by atoms with van der Waals surface area (Å²) in [6.45, 7) is 0.486. The molecule has 1 aliphatic heterocycles. The molecule has 1 aliphatic rings. The Morgan fingerprint density at radius 3 is 2.57 bits per heavy atom. The number of nitrogens with zero attached hydrogens (tertiary/aromatic N) is 1. The lowest BCUT2D eigenvalue weighted by molar-refractivity contribution is -0.671. The van der Waals surface area contributed by atoms with Gasteiger partial charge in [-0.3, -0.25) is 0 Å². The van der Waals surface area contributed by atoms with Crippen molar-refractivity contribution in [1.82, 2.24) is 0 Å². The minimum atomic E-state index is -4.30. The van der Waals surface area contributed by atoms with Gasteiger partial charge in [0.1, 0.15) is 0 Å². The third kappa shape index (κ3) is 1.82. The van der Waals surface area contributed by atoms with E-state index in [-0.39, 0.29) is 0 Å². The van der Waals surface area contributed by atoms with Gasteiger partial charge in [0.25, 0.3) is 0 Å². The number of pyridine rings is 1. The van der Waals surface area contributed by atoms with Gasteiger partial charge in [-0.25, -0.2) is 0 Å². The lowest BCUT2D eigenvalue weighted by Crippen LogP contribution is -2.31. The third-order valence-electron chi connectivity index (χ3n) is 3.97. The lowest BCUT2D eigenvalue weighted by atomic mass is 10.0. The summed E-state index contributed by atoms with van der Waals surface area (Å²) >= 11 is 0. The molecule has 2 heterocycles. The minimum absolute atomic E-state index is 0.486. The van der Waals surface area contributed by atoms with E-state index in [4.69, 9.17) is 0 Å². The maximum Gasteiger partial charge on any atom is 0.416 e. The van der Waals surface area contributed by atoms with Crippen molar-refractivity contribution in [2.24, 2.45) is 0 Å². The first-order chi connectivity index (χ1) is 10.0. The van der Waals surface area contributed by atoms with E-state index in [0.29, 0.717) is 6.54 Å². The molecule has 0 amide bonds. The van der Waals surface area contributed by atoms with Crippen molar-refractivity contribution < 1.29 is 17.7 Å². The summed E-state index contributed by atoms with van der Waals surface area (Å²) in [6.07, 6.45) is -2.36. The van der Waals surface area contributed by atoms with Gasteiger partial charge in [0.2, 0.25) is 5.69 Å². The summed E-state index contributed by atoms with van der Waals surface area (Å²) in [5.74, 6) is 0. The van der Waals surface area contributed by atoms with Crippen LogP contribution in [0.15, 0.2) is 54.7 Å². The molecule has 2 aromatic carbocycles. The molecule has 0 bridgehead atoms. The van der Waals surface area contributed by atoms with Gasteiger partial charge in [-0.15, -0.1) is 0 Å². The second kappa shape index (κ2) is 4.07. The van der Waals surface area contributed by atoms with Gasteiger partial charge in [-0.05, 0) is 29.7 Å². The number of benzene rings is 2. The van der Waals surface area contributed by atoms with Gasteiger partial charge in [0.05, 0.1) is 16.5 Å². The Morgan fingerprint density at radius 2 is 1.76 bits per heavy atom. The van der Waals surface area contributed by atoms with E-state index in [2.05, 4.69) is 0 Å². The molecule has 1 aromatic heterocycles. The molecule has 0 saturated heterocycles. The Bertz CT molecular complexity index is 866. The Labute approximate surface area is 119 Å². The van der Waals surface area contributed by atoms with Crippen LogP contribution in [0.4, 0.5) is 13.2 Å². The quantitative estimate of drug-likeness (QED) is 0.427. The topological polar surface area (TPSA) is 3.88 Å². The zero-order valence-electron chi connectivity index (χ0n) is 11.0. The molecular weight excluding hydrogens is 275 g/mol. The van der Waals surface area contributed by atoms with Crippen molar-refractivity contribution in [2.45, 2.75) is 12.7 Å². The fourth-order valence-corrected chi connectivity index (χ4v) is 3.00. The first-order valence-electron chi connectivity index (χ1n) is 6.66. The molecule has 0 atom stereocenters. The summed E-state index contributed by atoms with van der Waals surface area (Å²) in [7, 11) is 0. The van der Waals surface area contributed by atoms with Crippen molar-refractivity contribution in [3.63, 3.8) is 0 Å². The number of alkyl halides is 3. The highest BCUT2D eigenvalue weighted by atomic mass is 19.4. The van der Waals surface area contributed by atoms with Crippen LogP contribution in [0.5, 0.6) is 0 Å². The Kier molecular flexibility index (Phi) is 2.40. The molecule has 0 N–H and O–H groups in total. The maximum absolute atomic E-state index is 12.8. The highest BCUT2D eigenvalue weighted by molar-refractivity contribution is 5.94.